The Kier molecular flexibility index (Phi) is 9.15. The smallest absolute Gasteiger partial charge is 0.313 e. The number of aliphatic hydroxyl groups is 1. The molecule has 0 bridgehead atoms. The number of ether oxygens (including phenoxy) is 3. The maximum Gasteiger partial charge on any atom is 0.313 e. The van der Waals surface area contributed by atoms with Crippen LogP contribution in [0.2, 0.25) is 5.02 Å². The van der Waals surface area contributed by atoms with Crippen molar-refractivity contribution in [3.63, 3.8) is 0 Å². The Morgan fingerprint density at radius 2 is 2.02 bits per heavy atom. The fourth-order valence-corrected chi connectivity index (χ4v) is 7.30. The lowest BCUT2D eigenvalue weighted by Gasteiger charge is -2.45. The number of hydrogen-bond acceptors (Lipinski definition) is 7. The average Bonchev–Trinajstić information content (AvgIpc) is 3.09. The van der Waals surface area contributed by atoms with Crippen molar-refractivity contribution in [1.29, 1.82) is 0 Å². The molecule has 1 fully saturated rings. The molecule has 1 aliphatic heterocycles. The summed E-state index contributed by atoms with van der Waals surface area (Å²) in [5.41, 5.74) is 3.18. The van der Waals surface area contributed by atoms with E-state index in [-0.39, 0.29) is 23.7 Å². The molecular formula is C35H44ClNO6. The highest BCUT2D eigenvalue weighted by atomic mass is 35.5. The number of benzene rings is 2. The Bertz CT molecular complexity index is 1370. The van der Waals surface area contributed by atoms with Gasteiger partial charge in [-0.25, -0.2) is 0 Å². The number of esters is 2. The van der Waals surface area contributed by atoms with Crippen LogP contribution in [0.3, 0.4) is 0 Å². The van der Waals surface area contributed by atoms with Crippen LogP contribution in [0.1, 0.15) is 75.5 Å². The zero-order valence-electron chi connectivity index (χ0n) is 25.7. The fraction of sp³-hybridized carbons (Fsp3) is 0.543. The summed E-state index contributed by atoms with van der Waals surface area (Å²) in [5, 5.41) is 11.4. The molecule has 1 heterocycles. The highest BCUT2D eigenvalue weighted by Gasteiger charge is 2.44. The first-order valence-corrected chi connectivity index (χ1v) is 15.7. The standard InChI is InChI=1S/C35H44ClNO6/c1-6-30(38)26-12-9-24(26)19-37-20-35(15-7-8-23-16-25(36)11-13-28(23)35)21-42-31-14-10-22(17-29(31)37)27(33(40)41-5)18-32(39)43-34(2,3)4/h6,10-11,13-14,16-17,24,26-27,30,38H,1,7-9,12,15,18-21H2,2-5H3/t24-,26+,27-,30-,35-/m0/s1. The molecule has 5 atom stereocenters. The lowest BCUT2D eigenvalue weighted by atomic mass is 9.68. The van der Waals surface area contributed by atoms with Gasteiger partial charge in [-0.05, 0) is 106 Å². The van der Waals surface area contributed by atoms with Gasteiger partial charge in [-0.1, -0.05) is 29.8 Å². The summed E-state index contributed by atoms with van der Waals surface area (Å²) in [7, 11) is 1.33. The van der Waals surface area contributed by atoms with Gasteiger partial charge >= 0.3 is 11.9 Å². The zero-order chi connectivity index (χ0) is 30.9. The number of aliphatic hydroxyl groups excluding tert-OH is 1. The van der Waals surface area contributed by atoms with Crippen LogP contribution in [0, 0.1) is 11.8 Å². The third kappa shape index (κ3) is 6.73. The van der Waals surface area contributed by atoms with Crippen LogP contribution < -0.4 is 9.64 Å². The Balaban J connectivity index is 1.53. The van der Waals surface area contributed by atoms with E-state index in [2.05, 4.69) is 23.6 Å². The normalized spacial score (nSPS) is 24.4. The first-order valence-electron chi connectivity index (χ1n) is 15.3. The monoisotopic (exact) mass is 609 g/mol. The number of anilines is 1. The molecule has 8 heteroatoms. The first-order chi connectivity index (χ1) is 20.4. The van der Waals surface area contributed by atoms with E-state index in [4.69, 9.17) is 25.8 Å². The summed E-state index contributed by atoms with van der Waals surface area (Å²) >= 11 is 6.40. The van der Waals surface area contributed by atoms with Gasteiger partial charge in [0.1, 0.15) is 11.4 Å². The van der Waals surface area contributed by atoms with Gasteiger partial charge in [0, 0.05) is 23.5 Å². The van der Waals surface area contributed by atoms with Crippen LogP contribution >= 0.6 is 11.6 Å². The van der Waals surface area contributed by atoms with Gasteiger partial charge in [0.05, 0.1) is 37.8 Å². The third-order valence-corrected chi connectivity index (χ3v) is 9.59. The average molecular weight is 610 g/mol. The van der Waals surface area contributed by atoms with Gasteiger partial charge in [-0.2, -0.15) is 0 Å². The number of fused-ring (bicyclic) bond motifs is 3. The highest BCUT2D eigenvalue weighted by molar-refractivity contribution is 6.30. The molecule has 5 rings (SSSR count). The molecular weight excluding hydrogens is 566 g/mol. The lowest BCUT2D eigenvalue weighted by Crippen LogP contribution is -2.49. The first kappa shape index (κ1) is 31.4. The van der Waals surface area contributed by atoms with Crippen molar-refractivity contribution in [1.82, 2.24) is 0 Å². The SMILES string of the molecule is C=C[C@H](O)[C@@H]1CC[C@H]1CN1C[C@@]2(CCCc3cc(Cl)ccc32)COc2ccc([C@H](CC(=O)OC(C)(C)C)C(=O)OC)cc21. The number of carbonyl (C=O) groups is 2. The van der Waals surface area contributed by atoms with Crippen LogP contribution in [0.15, 0.2) is 49.1 Å². The molecule has 1 spiro atoms. The number of rotatable bonds is 8. The molecule has 1 N–H and O–H groups in total. The third-order valence-electron chi connectivity index (χ3n) is 9.35. The van der Waals surface area contributed by atoms with Crippen molar-refractivity contribution in [2.75, 3.05) is 31.7 Å². The Labute approximate surface area is 260 Å². The molecule has 2 aromatic carbocycles. The van der Waals surface area contributed by atoms with Crippen molar-refractivity contribution < 1.29 is 28.9 Å². The van der Waals surface area contributed by atoms with Gasteiger partial charge in [0.2, 0.25) is 0 Å². The molecule has 43 heavy (non-hydrogen) atoms. The summed E-state index contributed by atoms with van der Waals surface area (Å²) in [6.07, 6.45) is 5.94. The van der Waals surface area contributed by atoms with E-state index in [0.717, 1.165) is 61.7 Å². The van der Waals surface area contributed by atoms with Crippen molar-refractivity contribution in [3.8, 4) is 5.75 Å². The lowest BCUT2D eigenvalue weighted by molar-refractivity contribution is -0.158. The molecule has 2 aromatic rings. The van der Waals surface area contributed by atoms with E-state index in [0.29, 0.717) is 12.2 Å². The topological polar surface area (TPSA) is 85.3 Å². The van der Waals surface area contributed by atoms with E-state index in [9.17, 15) is 14.7 Å². The largest absolute Gasteiger partial charge is 0.490 e. The molecule has 3 aliphatic rings. The summed E-state index contributed by atoms with van der Waals surface area (Å²) < 4.78 is 17.3. The zero-order valence-corrected chi connectivity index (χ0v) is 26.5. The van der Waals surface area contributed by atoms with Crippen LogP contribution in [0.4, 0.5) is 5.69 Å². The molecule has 0 unspecified atom stereocenters. The summed E-state index contributed by atoms with van der Waals surface area (Å²) in [6.45, 7) is 11.2. The number of carbonyl (C=O) groups excluding carboxylic acids is 2. The van der Waals surface area contributed by atoms with Crippen molar-refractivity contribution >= 4 is 29.2 Å². The molecule has 232 valence electrons. The molecule has 0 radical (unpaired) electrons. The second-order valence-corrected chi connectivity index (χ2v) is 13.9. The quantitative estimate of drug-likeness (QED) is 0.275. The van der Waals surface area contributed by atoms with Gasteiger partial charge in [0.25, 0.3) is 0 Å². The number of methoxy groups -OCH3 is 1. The van der Waals surface area contributed by atoms with Gasteiger partial charge < -0.3 is 24.2 Å². The molecule has 0 aromatic heterocycles. The van der Waals surface area contributed by atoms with Crippen LogP contribution in [0.5, 0.6) is 5.75 Å². The molecule has 2 aliphatic carbocycles. The minimum absolute atomic E-state index is 0.127. The number of hydrogen-bond donors (Lipinski definition) is 1. The maximum absolute atomic E-state index is 13.0. The maximum atomic E-state index is 13.0. The van der Waals surface area contributed by atoms with E-state index in [1.807, 2.05) is 24.3 Å². The number of nitrogens with zero attached hydrogens (tertiary/aromatic N) is 1. The Morgan fingerprint density at radius 1 is 1.23 bits per heavy atom. The second-order valence-electron chi connectivity index (χ2n) is 13.4. The molecule has 0 saturated heterocycles. The summed E-state index contributed by atoms with van der Waals surface area (Å²) in [4.78, 5) is 28.2. The predicted molar refractivity (Wildman–Crippen MR) is 168 cm³/mol. The number of aryl methyl sites for hydroxylation is 1. The number of halogens is 1. The van der Waals surface area contributed by atoms with E-state index < -0.39 is 29.6 Å². The van der Waals surface area contributed by atoms with E-state index in [1.54, 1.807) is 26.8 Å². The van der Waals surface area contributed by atoms with E-state index in [1.165, 1.54) is 18.2 Å². The molecule has 7 nitrogen and oxygen atoms in total. The molecule has 0 amide bonds. The fourth-order valence-electron chi connectivity index (χ4n) is 7.11. The van der Waals surface area contributed by atoms with Crippen molar-refractivity contribution in [2.45, 2.75) is 82.3 Å². The van der Waals surface area contributed by atoms with E-state index >= 15 is 0 Å². The van der Waals surface area contributed by atoms with Crippen LogP contribution in [-0.4, -0.2) is 55.6 Å². The summed E-state index contributed by atoms with van der Waals surface area (Å²) in [5.74, 6) is -0.598. The Morgan fingerprint density at radius 3 is 2.70 bits per heavy atom. The highest BCUT2D eigenvalue weighted by Crippen LogP contribution is 2.47. The minimum Gasteiger partial charge on any atom is -0.490 e. The van der Waals surface area contributed by atoms with Crippen LogP contribution in [0.25, 0.3) is 0 Å². The summed E-state index contributed by atoms with van der Waals surface area (Å²) in [6, 6.07) is 11.9. The molecule has 1 saturated carbocycles. The van der Waals surface area contributed by atoms with Crippen molar-refractivity contribution in [2.24, 2.45) is 11.8 Å². The van der Waals surface area contributed by atoms with Gasteiger partial charge in [-0.15, -0.1) is 6.58 Å². The second kappa shape index (κ2) is 12.5. The van der Waals surface area contributed by atoms with Gasteiger partial charge in [0.15, 0.2) is 0 Å². The van der Waals surface area contributed by atoms with Crippen molar-refractivity contribution in [3.05, 3.63) is 70.8 Å². The van der Waals surface area contributed by atoms with Crippen LogP contribution in [-0.2, 0) is 30.9 Å². The Hall–Kier alpha value is -3.03. The predicted octanol–water partition coefficient (Wildman–Crippen LogP) is 6.37. The van der Waals surface area contributed by atoms with Gasteiger partial charge in [-0.3, -0.25) is 9.59 Å². The minimum atomic E-state index is -0.819.